The fourth-order valence-corrected chi connectivity index (χ4v) is 1.44. The predicted molar refractivity (Wildman–Crippen MR) is 44.8 cm³/mol. The summed E-state index contributed by atoms with van der Waals surface area (Å²) >= 11 is 5.34. The van der Waals surface area contributed by atoms with E-state index >= 15 is 0 Å². The lowest BCUT2D eigenvalue weighted by molar-refractivity contribution is -0.141. The molecule has 8 heteroatoms. The van der Waals surface area contributed by atoms with Crippen molar-refractivity contribution in [2.24, 2.45) is 0 Å². The van der Waals surface area contributed by atoms with Gasteiger partial charge in [0.25, 0.3) is 0 Å². The van der Waals surface area contributed by atoms with Crippen molar-refractivity contribution in [3.8, 4) is 0 Å². The van der Waals surface area contributed by atoms with Gasteiger partial charge in [-0.15, -0.1) is 0 Å². The van der Waals surface area contributed by atoms with Crippen LogP contribution in [0.15, 0.2) is 0 Å². The van der Waals surface area contributed by atoms with E-state index in [4.69, 9.17) is 16.9 Å². The zero-order valence-electron chi connectivity index (χ0n) is 7.47. The average Bonchev–Trinajstić information content (AvgIpc) is 2.41. The Hall–Kier alpha value is -1.24. The van der Waals surface area contributed by atoms with Gasteiger partial charge in [0.05, 0.1) is 5.69 Å². The first-order chi connectivity index (χ1) is 6.79. The normalized spacial score (nSPS) is 11.8. The van der Waals surface area contributed by atoms with E-state index in [9.17, 15) is 18.0 Å². The Morgan fingerprint density at radius 2 is 2.13 bits per heavy atom. The first kappa shape index (κ1) is 11.8. The van der Waals surface area contributed by atoms with Crippen molar-refractivity contribution in [1.29, 1.82) is 0 Å². The number of nitrogens with zero attached hydrogens (tertiary/aromatic N) is 2. The maximum Gasteiger partial charge on any atom is 0.436 e. The van der Waals surface area contributed by atoms with Crippen molar-refractivity contribution >= 4 is 17.7 Å². The Bertz CT molecular complexity index is 400. The molecule has 0 aliphatic carbocycles. The van der Waals surface area contributed by atoms with Gasteiger partial charge in [-0.2, -0.15) is 22.5 Å². The number of carbonyl (C=O) groups is 1. The third-order valence-electron chi connectivity index (χ3n) is 1.75. The van der Waals surface area contributed by atoms with Crippen molar-refractivity contribution in [3.63, 3.8) is 0 Å². The SMILES string of the molecule is CCc1c(C(=O)O)c(C(F)(F)F)nn1Cl. The first-order valence-electron chi connectivity index (χ1n) is 3.87. The van der Waals surface area contributed by atoms with Gasteiger partial charge in [-0.3, -0.25) is 0 Å². The van der Waals surface area contributed by atoms with E-state index in [1.807, 2.05) is 0 Å². The Kier molecular flexibility index (Phi) is 2.94. The molecule has 0 saturated carbocycles. The van der Waals surface area contributed by atoms with Gasteiger partial charge in [0.2, 0.25) is 0 Å². The Balaban J connectivity index is 3.47. The third kappa shape index (κ3) is 2.06. The third-order valence-corrected chi connectivity index (χ3v) is 2.03. The van der Waals surface area contributed by atoms with Gasteiger partial charge in [-0.25, -0.2) is 4.79 Å². The lowest BCUT2D eigenvalue weighted by Crippen LogP contribution is -2.12. The maximum absolute atomic E-state index is 12.3. The van der Waals surface area contributed by atoms with E-state index in [1.165, 1.54) is 6.92 Å². The average molecular weight is 243 g/mol. The number of hydrogen-bond acceptors (Lipinski definition) is 2. The van der Waals surface area contributed by atoms with Gasteiger partial charge in [-0.05, 0) is 6.42 Å². The minimum Gasteiger partial charge on any atom is -0.478 e. The predicted octanol–water partition coefficient (Wildman–Crippen LogP) is 2.16. The topological polar surface area (TPSA) is 55.1 Å². The van der Waals surface area contributed by atoms with Crippen molar-refractivity contribution in [2.75, 3.05) is 0 Å². The number of rotatable bonds is 2. The van der Waals surface area contributed by atoms with Gasteiger partial charge in [0.1, 0.15) is 5.56 Å². The molecule has 1 aromatic rings. The van der Waals surface area contributed by atoms with Crippen LogP contribution in [0.2, 0.25) is 0 Å². The molecule has 1 rings (SSSR count). The number of alkyl halides is 3. The number of carboxylic acids is 1. The highest BCUT2D eigenvalue weighted by molar-refractivity contribution is 6.15. The highest BCUT2D eigenvalue weighted by Crippen LogP contribution is 2.33. The van der Waals surface area contributed by atoms with E-state index in [1.54, 1.807) is 0 Å². The molecule has 0 saturated heterocycles. The molecule has 0 atom stereocenters. The van der Waals surface area contributed by atoms with E-state index in [0.717, 1.165) is 0 Å². The Morgan fingerprint density at radius 3 is 2.47 bits per heavy atom. The summed E-state index contributed by atoms with van der Waals surface area (Å²) in [5.74, 6) is -1.69. The molecule has 0 spiro atoms. The second kappa shape index (κ2) is 3.73. The summed E-state index contributed by atoms with van der Waals surface area (Å²) in [5.41, 5.74) is -2.53. The number of halogens is 4. The van der Waals surface area contributed by atoms with Crippen LogP contribution in [0.1, 0.15) is 28.7 Å². The summed E-state index contributed by atoms with van der Waals surface area (Å²) in [6.45, 7) is 1.49. The largest absolute Gasteiger partial charge is 0.478 e. The lowest BCUT2D eigenvalue weighted by atomic mass is 10.1. The molecule has 1 aromatic heterocycles. The highest BCUT2D eigenvalue weighted by atomic mass is 35.5. The summed E-state index contributed by atoms with van der Waals surface area (Å²) in [6.07, 6.45) is -4.77. The molecule has 1 N–H and O–H groups in total. The van der Waals surface area contributed by atoms with Crippen molar-refractivity contribution in [1.82, 2.24) is 9.30 Å². The van der Waals surface area contributed by atoms with Crippen molar-refractivity contribution in [3.05, 3.63) is 17.0 Å². The second-order valence-corrected chi connectivity index (χ2v) is 3.01. The minimum absolute atomic E-state index is 0.0498. The smallest absolute Gasteiger partial charge is 0.436 e. The fraction of sp³-hybridized carbons (Fsp3) is 0.429. The quantitative estimate of drug-likeness (QED) is 0.865. The van der Waals surface area contributed by atoms with Crippen LogP contribution in [0.5, 0.6) is 0 Å². The van der Waals surface area contributed by atoms with Crippen LogP contribution in [0, 0.1) is 0 Å². The van der Waals surface area contributed by atoms with Crippen LogP contribution >= 0.6 is 11.8 Å². The van der Waals surface area contributed by atoms with Gasteiger partial charge >= 0.3 is 12.1 Å². The summed E-state index contributed by atoms with van der Waals surface area (Å²) < 4.78 is 37.4. The van der Waals surface area contributed by atoms with Crippen LogP contribution in [-0.2, 0) is 12.6 Å². The summed E-state index contributed by atoms with van der Waals surface area (Å²) in [6, 6.07) is 0. The standard InChI is InChI=1S/C7H6ClF3N2O2/c1-2-3-4(6(14)15)5(7(9,10)11)12-13(3)8/h2H2,1H3,(H,14,15). The summed E-state index contributed by atoms with van der Waals surface area (Å²) in [4.78, 5) is 10.6. The minimum atomic E-state index is -4.82. The summed E-state index contributed by atoms with van der Waals surface area (Å²) in [7, 11) is 0. The number of aromatic nitrogens is 2. The van der Waals surface area contributed by atoms with Crippen LogP contribution in [0.3, 0.4) is 0 Å². The molecule has 15 heavy (non-hydrogen) atoms. The molecule has 1 heterocycles. The molecular weight excluding hydrogens is 237 g/mol. The molecular formula is C7H6ClF3N2O2. The molecule has 0 bridgehead atoms. The van der Waals surface area contributed by atoms with E-state index in [2.05, 4.69) is 5.10 Å². The maximum atomic E-state index is 12.3. The van der Waals surface area contributed by atoms with Gasteiger partial charge in [-0.1, -0.05) is 6.92 Å². The molecule has 0 radical (unpaired) electrons. The molecule has 4 nitrogen and oxygen atoms in total. The highest BCUT2D eigenvalue weighted by Gasteiger charge is 2.41. The number of aromatic carboxylic acids is 1. The Morgan fingerprint density at radius 1 is 1.60 bits per heavy atom. The van der Waals surface area contributed by atoms with Gasteiger partial charge in [0, 0.05) is 11.8 Å². The van der Waals surface area contributed by atoms with Crippen LogP contribution in [-0.4, -0.2) is 20.4 Å². The van der Waals surface area contributed by atoms with E-state index < -0.39 is 23.4 Å². The fourth-order valence-electron chi connectivity index (χ4n) is 1.16. The molecule has 0 fully saturated rings. The molecule has 0 amide bonds. The molecule has 0 aliphatic heterocycles. The van der Waals surface area contributed by atoms with E-state index in [0.29, 0.717) is 4.20 Å². The lowest BCUT2D eigenvalue weighted by Gasteiger charge is -2.03. The van der Waals surface area contributed by atoms with Gasteiger partial charge < -0.3 is 5.11 Å². The zero-order valence-corrected chi connectivity index (χ0v) is 8.22. The first-order valence-corrected chi connectivity index (χ1v) is 4.21. The monoisotopic (exact) mass is 242 g/mol. The molecule has 0 aliphatic rings. The number of carboxylic acid groups (broad SMARTS) is 1. The van der Waals surface area contributed by atoms with Gasteiger partial charge in [0.15, 0.2) is 5.69 Å². The number of hydrogen-bond donors (Lipinski definition) is 1. The molecule has 84 valence electrons. The van der Waals surface area contributed by atoms with Crippen molar-refractivity contribution in [2.45, 2.75) is 19.5 Å². The summed E-state index contributed by atoms with van der Waals surface area (Å²) in [5, 5.41) is 11.6. The van der Waals surface area contributed by atoms with Crippen LogP contribution in [0.4, 0.5) is 13.2 Å². The molecule has 0 aromatic carbocycles. The Labute approximate surface area is 87.4 Å². The zero-order chi connectivity index (χ0) is 11.8. The molecule has 0 unspecified atom stereocenters. The second-order valence-electron chi connectivity index (χ2n) is 2.69. The van der Waals surface area contributed by atoms with Crippen LogP contribution in [0.25, 0.3) is 0 Å². The van der Waals surface area contributed by atoms with Crippen LogP contribution < -0.4 is 0 Å². The van der Waals surface area contributed by atoms with Crippen molar-refractivity contribution < 1.29 is 23.1 Å². The van der Waals surface area contributed by atoms with E-state index in [-0.39, 0.29) is 12.1 Å².